The third-order valence-corrected chi connectivity index (χ3v) is 9.17. The second kappa shape index (κ2) is 14.1. The fraction of sp³-hybridized carbons (Fsp3) is 0.963. The molecule has 2 aliphatic rings. The highest BCUT2D eigenvalue weighted by molar-refractivity contribution is 7.95. The minimum absolute atomic E-state index is 0.0622. The van der Waals surface area contributed by atoms with Gasteiger partial charge in [-0.3, -0.25) is 9.80 Å². The molecule has 2 fully saturated rings. The third kappa shape index (κ3) is 14.4. The molecule has 1 unspecified atom stereocenters. The van der Waals surface area contributed by atoms with E-state index in [2.05, 4.69) is 57.2 Å². The van der Waals surface area contributed by atoms with Crippen LogP contribution in [0, 0.1) is 0 Å². The Balaban J connectivity index is 0.000000351. The summed E-state index contributed by atoms with van der Waals surface area (Å²) < 4.78 is 43.1. The number of nitrogens with zero attached hydrogens (tertiary/aromatic N) is 2. The Morgan fingerprint density at radius 1 is 0.714 bits per heavy atom. The van der Waals surface area contributed by atoms with Gasteiger partial charge in [-0.05, 0) is 86.1 Å². The molecule has 0 amide bonds. The highest BCUT2D eigenvalue weighted by atomic mass is 32.2. The van der Waals surface area contributed by atoms with Crippen LogP contribution < -0.4 is 0 Å². The quantitative estimate of drug-likeness (QED) is 0.394. The van der Waals surface area contributed by atoms with Crippen molar-refractivity contribution in [2.75, 3.05) is 30.9 Å². The molecule has 2 saturated carbocycles. The van der Waals surface area contributed by atoms with E-state index in [1.165, 1.54) is 70.5 Å². The summed E-state index contributed by atoms with van der Waals surface area (Å²) in [4.78, 5) is 4.92. The Labute approximate surface area is 218 Å². The first-order valence-electron chi connectivity index (χ1n) is 13.7. The van der Waals surface area contributed by atoms with E-state index in [1.807, 2.05) is 0 Å². The second-order valence-electron chi connectivity index (χ2n) is 12.8. The first-order valence-corrected chi connectivity index (χ1v) is 17.6. The zero-order chi connectivity index (χ0) is 26.9. The lowest BCUT2D eigenvalue weighted by molar-refractivity contribution is 0.0607. The average Bonchev–Trinajstić information content (AvgIpc) is 2.70. The van der Waals surface area contributed by atoms with Crippen LogP contribution in [0.5, 0.6) is 0 Å². The standard InChI is InChI=1S/C14H29NO2S.C13H27NO2S/c1-14(2,3)15(11-8-12-18(4,16)17)13-9-6-5-7-10-13;1-13(2,3)14(10-11-17(4,15)16)12-8-6-5-7-9-12/h13H,5-12H2,1-4H3;12H,4-11H2,1-3H3,(H,15,16). The zero-order valence-electron chi connectivity index (χ0n) is 23.9. The summed E-state index contributed by atoms with van der Waals surface area (Å²) in [7, 11) is -5.68. The van der Waals surface area contributed by atoms with Gasteiger partial charge in [0.25, 0.3) is 0 Å². The van der Waals surface area contributed by atoms with Crippen molar-refractivity contribution in [1.82, 2.24) is 9.80 Å². The molecule has 8 heteroatoms. The molecule has 0 bridgehead atoms. The Kier molecular flexibility index (Phi) is 13.3. The summed E-state index contributed by atoms with van der Waals surface area (Å²) in [5.74, 6) is 3.92. The summed E-state index contributed by atoms with van der Waals surface area (Å²) >= 11 is 0. The van der Waals surface area contributed by atoms with E-state index in [0.29, 0.717) is 24.4 Å². The molecule has 0 aliphatic heterocycles. The maximum absolute atomic E-state index is 11.3. The van der Waals surface area contributed by atoms with Crippen LogP contribution in [0.25, 0.3) is 0 Å². The Morgan fingerprint density at radius 3 is 1.40 bits per heavy atom. The first-order chi connectivity index (χ1) is 15.9. The minimum atomic E-state index is -2.86. The predicted molar refractivity (Wildman–Crippen MR) is 154 cm³/mol. The molecular weight excluding hydrogens is 480 g/mol. The van der Waals surface area contributed by atoms with Gasteiger partial charge in [0.2, 0.25) is 0 Å². The molecule has 1 N–H and O–H groups in total. The van der Waals surface area contributed by atoms with E-state index in [-0.39, 0.29) is 16.8 Å². The van der Waals surface area contributed by atoms with Crippen LogP contribution in [0.15, 0.2) is 0 Å². The number of sulfone groups is 1. The van der Waals surface area contributed by atoms with Crippen LogP contribution in [0.3, 0.4) is 0 Å². The Bertz CT molecular complexity index is 799. The summed E-state index contributed by atoms with van der Waals surface area (Å²) in [5, 5.41) is 0. The monoisotopic (exact) mass is 536 g/mol. The van der Waals surface area contributed by atoms with Gasteiger partial charge in [-0.25, -0.2) is 12.6 Å². The summed E-state index contributed by atoms with van der Waals surface area (Å²) in [6.45, 7) is 14.8. The maximum atomic E-state index is 11.3. The normalized spacial score (nSPS) is 21.0. The lowest BCUT2D eigenvalue weighted by atomic mass is 9.90. The van der Waals surface area contributed by atoms with Gasteiger partial charge in [-0.2, -0.15) is 0 Å². The van der Waals surface area contributed by atoms with Gasteiger partial charge in [-0.15, -0.1) is 0 Å². The summed E-state index contributed by atoms with van der Waals surface area (Å²) in [5.41, 5.74) is 0.201. The molecule has 0 saturated heterocycles. The van der Waals surface area contributed by atoms with Crippen molar-refractivity contribution < 1.29 is 17.2 Å². The van der Waals surface area contributed by atoms with Crippen molar-refractivity contribution in [3.05, 3.63) is 0 Å². The molecule has 210 valence electrons. The van der Waals surface area contributed by atoms with Gasteiger partial charge in [0.1, 0.15) is 9.84 Å². The molecule has 0 heterocycles. The highest BCUT2D eigenvalue weighted by Crippen LogP contribution is 2.29. The molecule has 0 aromatic carbocycles. The van der Waals surface area contributed by atoms with Crippen molar-refractivity contribution in [1.29, 1.82) is 0 Å². The van der Waals surface area contributed by atoms with Gasteiger partial charge in [-0.1, -0.05) is 38.5 Å². The van der Waals surface area contributed by atoms with Gasteiger partial charge < -0.3 is 4.55 Å². The highest BCUT2D eigenvalue weighted by Gasteiger charge is 2.30. The zero-order valence-corrected chi connectivity index (χ0v) is 25.5. The Hall–Kier alpha value is -0.150. The van der Waals surface area contributed by atoms with Crippen molar-refractivity contribution in [3.63, 3.8) is 0 Å². The van der Waals surface area contributed by atoms with Crippen LogP contribution >= 0.6 is 0 Å². The van der Waals surface area contributed by atoms with Gasteiger partial charge >= 0.3 is 0 Å². The van der Waals surface area contributed by atoms with E-state index in [4.69, 9.17) is 0 Å². The molecule has 6 nitrogen and oxygen atoms in total. The molecule has 0 aromatic heterocycles. The van der Waals surface area contributed by atoms with Crippen molar-refractivity contribution in [3.8, 4) is 0 Å². The smallest absolute Gasteiger partial charge is 0.147 e. The van der Waals surface area contributed by atoms with Crippen LogP contribution in [-0.2, 0) is 19.6 Å². The maximum Gasteiger partial charge on any atom is 0.147 e. The van der Waals surface area contributed by atoms with E-state index in [1.54, 1.807) is 0 Å². The number of hydrogen-bond acceptors (Lipinski definition) is 5. The predicted octanol–water partition coefficient (Wildman–Crippen LogP) is 5.46. The SMILES string of the molecule is C=S(=O)(O)CCN(C1CCCCC1)C(C)(C)C.CC(C)(C)N(CCCS(C)(=O)=O)C1CCCCC1. The van der Waals surface area contributed by atoms with Crippen LogP contribution in [0.2, 0.25) is 0 Å². The van der Waals surface area contributed by atoms with Gasteiger partial charge in [0.05, 0.1) is 21.3 Å². The molecule has 0 radical (unpaired) electrons. The lowest BCUT2D eigenvalue weighted by Crippen LogP contribution is -2.50. The molecule has 0 spiro atoms. The average molecular weight is 537 g/mol. The summed E-state index contributed by atoms with van der Waals surface area (Å²) in [6.07, 6.45) is 15.0. The molecule has 0 aromatic rings. The van der Waals surface area contributed by atoms with Crippen molar-refractivity contribution in [2.45, 2.75) is 135 Å². The molecule has 2 aliphatic carbocycles. The van der Waals surface area contributed by atoms with Crippen LogP contribution in [-0.4, -0.2) is 86.9 Å². The van der Waals surface area contributed by atoms with Crippen LogP contribution in [0.1, 0.15) is 112 Å². The fourth-order valence-electron chi connectivity index (χ4n) is 5.65. The minimum Gasteiger partial charge on any atom is -0.314 e. The van der Waals surface area contributed by atoms with Gasteiger partial charge in [0.15, 0.2) is 0 Å². The second-order valence-corrected chi connectivity index (χ2v) is 17.0. The van der Waals surface area contributed by atoms with E-state index in [9.17, 15) is 17.2 Å². The molecule has 35 heavy (non-hydrogen) atoms. The Morgan fingerprint density at radius 2 is 1.09 bits per heavy atom. The van der Waals surface area contributed by atoms with Crippen molar-refractivity contribution >= 4 is 25.5 Å². The molecule has 2 rings (SSSR count). The topological polar surface area (TPSA) is 77.9 Å². The fourth-order valence-corrected chi connectivity index (χ4v) is 6.79. The van der Waals surface area contributed by atoms with E-state index < -0.39 is 19.6 Å². The number of rotatable bonds is 9. The van der Waals surface area contributed by atoms with Crippen molar-refractivity contribution in [2.24, 2.45) is 0 Å². The largest absolute Gasteiger partial charge is 0.314 e. The van der Waals surface area contributed by atoms with E-state index in [0.717, 1.165) is 13.0 Å². The molecule has 1 atom stereocenters. The first kappa shape index (κ1) is 32.9. The lowest BCUT2D eigenvalue weighted by Gasteiger charge is -2.43. The molecular formula is C27H56N2O4S2. The number of hydrogen-bond donors (Lipinski definition) is 1. The van der Waals surface area contributed by atoms with Gasteiger partial charge in [0, 0.05) is 36.0 Å². The summed E-state index contributed by atoms with van der Waals surface area (Å²) in [6, 6.07) is 1.23. The van der Waals surface area contributed by atoms with Crippen LogP contribution in [0.4, 0.5) is 0 Å². The third-order valence-electron chi connectivity index (χ3n) is 7.32. The van der Waals surface area contributed by atoms with E-state index >= 15 is 0 Å².